The highest BCUT2D eigenvalue weighted by molar-refractivity contribution is 5.96. The van der Waals surface area contributed by atoms with Crippen molar-refractivity contribution in [3.63, 3.8) is 0 Å². The van der Waals surface area contributed by atoms with E-state index in [1.807, 2.05) is 40.1 Å². The Morgan fingerprint density at radius 1 is 1.09 bits per heavy atom. The Hall–Kier alpha value is -1.84. The first-order valence-electron chi connectivity index (χ1n) is 8.81. The average molecular weight is 312 g/mol. The summed E-state index contributed by atoms with van der Waals surface area (Å²) in [6, 6.07) is 9.90. The molecule has 1 aromatic rings. The van der Waals surface area contributed by atoms with Gasteiger partial charge in [-0.15, -0.1) is 0 Å². The minimum absolute atomic E-state index is 0.0266. The van der Waals surface area contributed by atoms with Crippen LogP contribution in [0.4, 0.5) is 5.69 Å². The predicted octanol–water partition coefficient (Wildman–Crippen LogP) is 2.83. The van der Waals surface area contributed by atoms with Crippen LogP contribution < -0.4 is 4.90 Å². The van der Waals surface area contributed by atoms with Crippen LogP contribution in [0.2, 0.25) is 0 Å². The molecule has 2 heterocycles. The summed E-state index contributed by atoms with van der Waals surface area (Å²) >= 11 is 0. The van der Waals surface area contributed by atoms with Crippen molar-refractivity contribution in [3.05, 3.63) is 30.3 Å². The molecular weight excluding hydrogens is 288 g/mol. The molecule has 1 aliphatic carbocycles. The van der Waals surface area contributed by atoms with E-state index in [0.29, 0.717) is 12.3 Å². The van der Waals surface area contributed by atoms with Gasteiger partial charge in [0, 0.05) is 43.1 Å². The van der Waals surface area contributed by atoms with E-state index in [-0.39, 0.29) is 17.2 Å². The number of likely N-dealkylation sites (tertiary alicyclic amines) is 1. The third kappa shape index (κ3) is 2.64. The summed E-state index contributed by atoms with van der Waals surface area (Å²) in [5.41, 5.74) is 0.955. The summed E-state index contributed by atoms with van der Waals surface area (Å²) in [7, 11) is 0. The molecule has 1 saturated carbocycles. The molecule has 3 fully saturated rings. The molecule has 0 unspecified atom stereocenters. The van der Waals surface area contributed by atoms with E-state index < -0.39 is 0 Å². The van der Waals surface area contributed by atoms with Crippen LogP contribution in [0.15, 0.2) is 30.3 Å². The lowest BCUT2D eigenvalue weighted by atomic mass is 9.86. The zero-order chi connectivity index (χ0) is 15.9. The quantitative estimate of drug-likeness (QED) is 0.842. The molecule has 0 radical (unpaired) electrons. The van der Waals surface area contributed by atoms with Crippen molar-refractivity contribution in [2.45, 2.75) is 38.5 Å². The Kier molecular flexibility index (Phi) is 3.63. The van der Waals surface area contributed by atoms with Gasteiger partial charge in [0.2, 0.25) is 11.8 Å². The first-order chi connectivity index (χ1) is 11.2. The SMILES string of the molecule is O=C(C1CCCC1)N1CC[C@@]2(CC(=O)N(c3ccccc3)C2)C1. The van der Waals surface area contributed by atoms with E-state index in [1.54, 1.807) is 0 Å². The predicted molar refractivity (Wildman–Crippen MR) is 89.0 cm³/mol. The van der Waals surface area contributed by atoms with E-state index in [4.69, 9.17) is 0 Å². The molecule has 23 heavy (non-hydrogen) atoms. The topological polar surface area (TPSA) is 40.6 Å². The molecule has 0 bridgehead atoms. The summed E-state index contributed by atoms with van der Waals surface area (Å²) < 4.78 is 0. The molecule has 1 aromatic carbocycles. The third-order valence-corrected chi connectivity index (χ3v) is 5.84. The summed E-state index contributed by atoms with van der Waals surface area (Å²) in [4.78, 5) is 29.1. The Labute approximate surface area is 137 Å². The second-order valence-electron chi connectivity index (χ2n) is 7.48. The van der Waals surface area contributed by atoms with Crippen molar-refractivity contribution >= 4 is 17.5 Å². The van der Waals surface area contributed by atoms with Gasteiger partial charge in [-0.3, -0.25) is 9.59 Å². The highest BCUT2D eigenvalue weighted by Crippen LogP contribution is 2.42. The van der Waals surface area contributed by atoms with Gasteiger partial charge in [0.1, 0.15) is 0 Å². The second kappa shape index (κ2) is 5.66. The number of anilines is 1. The molecule has 0 N–H and O–H groups in total. The highest BCUT2D eigenvalue weighted by Gasteiger charge is 2.49. The van der Waals surface area contributed by atoms with Crippen LogP contribution in [0, 0.1) is 11.3 Å². The zero-order valence-corrected chi connectivity index (χ0v) is 13.5. The molecule has 4 rings (SSSR count). The standard InChI is InChI=1S/C19H24N2O2/c22-17-12-19(14-21(17)16-8-2-1-3-9-16)10-11-20(13-19)18(23)15-6-4-5-7-15/h1-3,8-9,15H,4-7,10-14H2/t19-/m1/s1. The molecule has 2 amide bonds. The van der Waals surface area contributed by atoms with Gasteiger partial charge >= 0.3 is 0 Å². The molecule has 1 atom stereocenters. The van der Waals surface area contributed by atoms with Gasteiger partial charge in [-0.05, 0) is 31.4 Å². The summed E-state index contributed by atoms with van der Waals surface area (Å²) in [5, 5.41) is 0. The number of carbonyl (C=O) groups is 2. The van der Waals surface area contributed by atoms with Crippen molar-refractivity contribution < 1.29 is 9.59 Å². The first-order valence-corrected chi connectivity index (χ1v) is 8.81. The largest absolute Gasteiger partial charge is 0.342 e. The number of hydrogen-bond acceptors (Lipinski definition) is 2. The monoisotopic (exact) mass is 312 g/mol. The number of rotatable bonds is 2. The van der Waals surface area contributed by atoms with E-state index in [9.17, 15) is 9.59 Å². The Morgan fingerprint density at radius 2 is 1.83 bits per heavy atom. The fourth-order valence-electron chi connectivity index (χ4n) is 4.57. The molecular formula is C19H24N2O2. The number of hydrogen-bond donors (Lipinski definition) is 0. The molecule has 2 aliphatic heterocycles. The molecule has 2 saturated heterocycles. The van der Waals surface area contributed by atoms with Crippen LogP contribution >= 0.6 is 0 Å². The summed E-state index contributed by atoms with van der Waals surface area (Å²) in [5.74, 6) is 0.781. The van der Waals surface area contributed by atoms with E-state index in [2.05, 4.69) is 0 Å². The maximum Gasteiger partial charge on any atom is 0.227 e. The molecule has 1 spiro atoms. The van der Waals surface area contributed by atoms with Crippen molar-refractivity contribution in [1.82, 2.24) is 4.90 Å². The van der Waals surface area contributed by atoms with Crippen molar-refractivity contribution in [3.8, 4) is 0 Å². The third-order valence-electron chi connectivity index (χ3n) is 5.84. The second-order valence-corrected chi connectivity index (χ2v) is 7.48. The number of amides is 2. The van der Waals surface area contributed by atoms with Crippen LogP contribution in [-0.4, -0.2) is 36.3 Å². The lowest BCUT2D eigenvalue weighted by Crippen LogP contribution is -2.36. The van der Waals surface area contributed by atoms with Gasteiger partial charge in [0.15, 0.2) is 0 Å². The van der Waals surface area contributed by atoms with E-state index in [1.165, 1.54) is 12.8 Å². The molecule has 4 nitrogen and oxygen atoms in total. The van der Waals surface area contributed by atoms with Gasteiger partial charge in [-0.25, -0.2) is 0 Å². The summed E-state index contributed by atoms with van der Waals surface area (Å²) in [6.45, 7) is 2.34. The average Bonchev–Trinajstić information content (AvgIpc) is 3.29. The van der Waals surface area contributed by atoms with Crippen LogP contribution in [0.5, 0.6) is 0 Å². The molecule has 0 aromatic heterocycles. The Morgan fingerprint density at radius 3 is 2.57 bits per heavy atom. The van der Waals surface area contributed by atoms with Crippen molar-refractivity contribution in [2.75, 3.05) is 24.5 Å². The molecule has 122 valence electrons. The number of para-hydroxylation sites is 1. The van der Waals surface area contributed by atoms with Gasteiger partial charge in [-0.2, -0.15) is 0 Å². The minimum Gasteiger partial charge on any atom is -0.342 e. The lowest BCUT2D eigenvalue weighted by molar-refractivity contribution is -0.134. The van der Waals surface area contributed by atoms with Crippen molar-refractivity contribution in [2.24, 2.45) is 11.3 Å². The minimum atomic E-state index is -0.0266. The van der Waals surface area contributed by atoms with Gasteiger partial charge in [-0.1, -0.05) is 31.0 Å². The van der Waals surface area contributed by atoms with Crippen molar-refractivity contribution in [1.29, 1.82) is 0 Å². The summed E-state index contributed by atoms with van der Waals surface area (Å²) in [6.07, 6.45) is 6.02. The fraction of sp³-hybridized carbons (Fsp3) is 0.579. The maximum atomic E-state index is 12.6. The van der Waals surface area contributed by atoms with Gasteiger partial charge < -0.3 is 9.80 Å². The maximum absolute atomic E-state index is 12.6. The Bertz CT molecular complexity index is 609. The number of nitrogens with zero attached hydrogens (tertiary/aromatic N) is 2. The van der Waals surface area contributed by atoms with Gasteiger partial charge in [0.25, 0.3) is 0 Å². The Balaban J connectivity index is 1.46. The number of benzene rings is 1. The van der Waals surface area contributed by atoms with Crippen LogP contribution in [0.25, 0.3) is 0 Å². The highest BCUT2D eigenvalue weighted by atomic mass is 16.2. The molecule has 3 aliphatic rings. The van der Waals surface area contributed by atoms with Gasteiger partial charge in [0.05, 0.1) is 0 Å². The van der Waals surface area contributed by atoms with Crippen LogP contribution in [0.1, 0.15) is 38.5 Å². The van der Waals surface area contributed by atoms with Crippen LogP contribution in [0.3, 0.4) is 0 Å². The van der Waals surface area contributed by atoms with E-state index in [0.717, 1.165) is 44.6 Å². The molecule has 4 heteroatoms. The van der Waals surface area contributed by atoms with Crippen LogP contribution in [-0.2, 0) is 9.59 Å². The fourth-order valence-corrected chi connectivity index (χ4v) is 4.57. The lowest BCUT2D eigenvalue weighted by Gasteiger charge is -2.25. The zero-order valence-electron chi connectivity index (χ0n) is 13.5. The normalized spacial score (nSPS) is 28.3. The first kappa shape index (κ1) is 14.7. The smallest absolute Gasteiger partial charge is 0.227 e. The van der Waals surface area contributed by atoms with E-state index >= 15 is 0 Å². The number of carbonyl (C=O) groups excluding carboxylic acids is 2.